The minimum absolute atomic E-state index is 0.153. The summed E-state index contributed by atoms with van der Waals surface area (Å²) in [5, 5.41) is 5.73. The highest BCUT2D eigenvalue weighted by Crippen LogP contribution is 2.16. The highest BCUT2D eigenvalue weighted by Gasteiger charge is 2.07. The van der Waals surface area contributed by atoms with Gasteiger partial charge in [0.2, 0.25) is 0 Å². The second-order valence-corrected chi connectivity index (χ2v) is 5.26. The summed E-state index contributed by atoms with van der Waals surface area (Å²) in [4.78, 5) is 16.5. The molecule has 104 valence electrons. The molecule has 0 saturated carbocycles. The first-order valence-electron chi connectivity index (χ1n) is 6.57. The Hall–Kier alpha value is -2.20. The van der Waals surface area contributed by atoms with Crippen LogP contribution in [0.25, 0.3) is 10.8 Å². The molecule has 0 unspecified atom stereocenters. The lowest BCUT2D eigenvalue weighted by atomic mass is 10.1. The number of pyridine rings is 1. The fourth-order valence-corrected chi connectivity index (χ4v) is 2.43. The zero-order valence-electron chi connectivity index (χ0n) is 11.2. The average Bonchev–Trinajstić information content (AvgIpc) is 2.55. The molecule has 0 aliphatic heterocycles. The van der Waals surface area contributed by atoms with Gasteiger partial charge in [-0.1, -0.05) is 52.3 Å². The zero-order valence-corrected chi connectivity index (χ0v) is 12.8. The Morgan fingerprint density at radius 1 is 1.05 bits per heavy atom. The van der Waals surface area contributed by atoms with Crippen LogP contribution in [0.5, 0.6) is 0 Å². The molecule has 1 amide bonds. The molecule has 0 saturated heterocycles. The number of rotatable bonds is 3. The van der Waals surface area contributed by atoms with Crippen LogP contribution < -0.4 is 5.32 Å². The van der Waals surface area contributed by atoms with Crippen LogP contribution >= 0.6 is 15.9 Å². The van der Waals surface area contributed by atoms with E-state index >= 15 is 0 Å². The predicted octanol–water partition coefficient (Wildman–Crippen LogP) is 4.38. The van der Waals surface area contributed by atoms with Crippen molar-refractivity contribution in [2.45, 2.75) is 5.33 Å². The van der Waals surface area contributed by atoms with E-state index in [9.17, 15) is 4.79 Å². The molecular formula is C17H13BrN2O. The van der Waals surface area contributed by atoms with Gasteiger partial charge in [0, 0.05) is 17.1 Å². The van der Waals surface area contributed by atoms with E-state index in [2.05, 4.69) is 26.2 Å². The number of hydrogen-bond donors (Lipinski definition) is 1. The van der Waals surface area contributed by atoms with E-state index in [0.29, 0.717) is 11.4 Å². The Bertz CT molecular complexity index is 784. The summed E-state index contributed by atoms with van der Waals surface area (Å²) in [6, 6.07) is 17.4. The van der Waals surface area contributed by atoms with Gasteiger partial charge in [-0.15, -0.1) is 0 Å². The molecule has 0 fully saturated rings. The summed E-state index contributed by atoms with van der Waals surface area (Å²) < 4.78 is 0. The number of aromatic nitrogens is 1. The molecule has 1 aromatic heterocycles. The minimum Gasteiger partial charge on any atom is -0.307 e. The number of hydrogen-bond acceptors (Lipinski definition) is 2. The van der Waals surface area contributed by atoms with Gasteiger partial charge in [0.15, 0.2) is 0 Å². The van der Waals surface area contributed by atoms with Crippen LogP contribution in [0.15, 0.2) is 60.8 Å². The first kappa shape index (κ1) is 13.8. The van der Waals surface area contributed by atoms with Crippen molar-refractivity contribution in [3.05, 3.63) is 71.9 Å². The highest BCUT2D eigenvalue weighted by atomic mass is 79.9. The van der Waals surface area contributed by atoms with Crippen LogP contribution in [-0.4, -0.2) is 10.9 Å². The van der Waals surface area contributed by atoms with E-state index in [0.717, 1.165) is 21.7 Å². The Labute approximate surface area is 131 Å². The number of anilines is 1. The molecule has 1 heterocycles. The number of nitrogens with one attached hydrogen (secondary N) is 1. The van der Waals surface area contributed by atoms with Gasteiger partial charge in [-0.05, 0) is 34.5 Å². The summed E-state index contributed by atoms with van der Waals surface area (Å²) in [6.07, 6.45) is 1.74. The first-order valence-corrected chi connectivity index (χ1v) is 7.69. The highest BCUT2D eigenvalue weighted by molar-refractivity contribution is 9.08. The van der Waals surface area contributed by atoms with E-state index in [1.54, 1.807) is 12.3 Å². The molecule has 1 N–H and O–H groups in total. The van der Waals surface area contributed by atoms with Gasteiger partial charge < -0.3 is 5.32 Å². The maximum absolute atomic E-state index is 12.3. The quantitative estimate of drug-likeness (QED) is 0.718. The molecular weight excluding hydrogens is 328 g/mol. The van der Waals surface area contributed by atoms with E-state index in [1.807, 2.05) is 48.5 Å². The molecule has 3 rings (SSSR count). The van der Waals surface area contributed by atoms with Crippen molar-refractivity contribution in [3.8, 4) is 0 Å². The van der Waals surface area contributed by atoms with Crippen molar-refractivity contribution < 1.29 is 4.79 Å². The molecule has 0 radical (unpaired) electrons. The van der Waals surface area contributed by atoms with Gasteiger partial charge in [-0.3, -0.25) is 4.79 Å². The van der Waals surface area contributed by atoms with Gasteiger partial charge in [0.05, 0.1) is 0 Å². The zero-order chi connectivity index (χ0) is 14.7. The standard InChI is InChI=1S/C17H13BrN2O/c18-10-12-5-8-16(19-11-12)20-17(21)15-7-6-13-3-1-2-4-14(13)9-15/h1-9,11H,10H2,(H,19,20,21). The predicted molar refractivity (Wildman–Crippen MR) is 88.8 cm³/mol. The number of carbonyl (C=O) groups is 1. The summed E-state index contributed by atoms with van der Waals surface area (Å²) in [5.41, 5.74) is 1.69. The van der Waals surface area contributed by atoms with Gasteiger partial charge in [0.1, 0.15) is 5.82 Å². The lowest BCUT2D eigenvalue weighted by Crippen LogP contribution is -2.12. The molecule has 0 atom stereocenters. The number of alkyl halides is 1. The molecule has 4 heteroatoms. The Balaban J connectivity index is 1.82. The first-order chi connectivity index (χ1) is 10.3. The summed E-state index contributed by atoms with van der Waals surface area (Å²) in [5.74, 6) is 0.401. The minimum atomic E-state index is -0.153. The third kappa shape index (κ3) is 3.11. The Morgan fingerprint density at radius 2 is 1.86 bits per heavy atom. The topological polar surface area (TPSA) is 42.0 Å². The van der Waals surface area contributed by atoms with E-state index in [4.69, 9.17) is 0 Å². The fraction of sp³-hybridized carbons (Fsp3) is 0.0588. The van der Waals surface area contributed by atoms with Gasteiger partial charge in [0.25, 0.3) is 5.91 Å². The van der Waals surface area contributed by atoms with Gasteiger partial charge in [-0.25, -0.2) is 4.98 Å². The summed E-state index contributed by atoms with van der Waals surface area (Å²) in [7, 11) is 0. The maximum atomic E-state index is 12.3. The lowest BCUT2D eigenvalue weighted by Gasteiger charge is -2.06. The van der Waals surface area contributed by atoms with Crippen molar-refractivity contribution in [2.24, 2.45) is 0 Å². The van der Waals surface area contributed by atoms with Crippen molar-refractivity contribution in [1.82, 2.24) is 4.98 Å². The van der Waals surface area contributed by atoms with Crippen LogP contribution in [0.1, 0.15) is 15.9 Å². The smallest absolute Gasteiger partial charge is 0.256 e. The summed E-state index contributed by atoms with van der Waals surface area (Å²) >= 11 is 3.37. The average molecular weight is 341 g/mol. The van der Waals surface area contributed by atoms with E-state index in [-0.39, 0.29) is 5.91 Å². The molecule has 3 aromatic rings. The van der Waals surface area contributed by atoms with Crippen molar-refractivity contribution in [3.63, 3.8) is 0 Å². The maximum Gasteiger partial charge on any atom is 0.256 e. The number of amides is 1. The van der Waals surface area contributed by atoms with Crippen LogP contribution in [0.4, 0.5) is 5.82 Å². The Kier molecular flexibility index (Phi) is 3.97. The molecule has 2 aromatic carbocycles. The van der Waals surface area contributed by atoms with Crippen LogP contribution in [0.2, 0.25) is 0 Å². The third-order valence-electron chi connectivity index (χ3n) is 3.23. The molecule has 0 aliphatic carbocycles. The fourth-order valence-electron chi connectivity index (χ4n) is 2.10. The third-order valence-corrected chi connectivity index (χ3v) is 3.88. The van der Waals surface area contributed by atoms with Crippen LogP contribution in [0, 0.1) is 0 Å². The number of nitrogens with zero attached hydrogens (tertiary/aromatic N) is 1. The number of benzene rings is 2. The number of halogens is 1. The van der Waals surface area contributed by atoms with Gasteiger partial charge >= 0.3 is 0 Å². The second kappa shape index (κ2) is 6.06. The lowest BCUT2D eigenvalue weighted by molar-refractivity contribution is 0.102. The van der Waals surface area contributed by atoms with E-state index < -0.39 is 0 Å². The molecule has 3 nitrogen and oxygen atoms in total. The largest absolute Gasteiger partial charge is 0.307 e. The van der Waals surface area contributed by atoms with E-state index in [1.165, 1.54) is 0 Å². The summed E-state index contributed by atoms with van der Waals surface area (Å²) in [6.45, 7) is 0. The molecule has 0 spiro atoms. The van der Waals surface area contributed by atoms with Crippen molar-refractivity contribution in [2.75, 3.05) is 5.32 Å². The number of fused-ring (bicyclic) bond motifs is 1. The SMILES string of the molecule is O=C(Nc1ccc(CBr)cn1)c1ccc2ccccc2c1. The molecule has 0 aliphatic rings. The number of carbonyl (C=O) groups excluding carboxylic acids is 1. The molecule has 0 bridgehead atoms. The van der Waals surface area contributed by atoms with Crippen LogP contribution in [0.3, 0.4) is 0 Å². The van der Waals surface area contributed by atoms with Gasteiger partial charge in [-0.2, -0.15) is 0 Å². The van der Waals surface area contributed by atoms with Crippen molar-refractivity contribution >= 4 is 38.4 Å². The van der Waals surface area contributed by atoms with Crippen molar-refractivity contribution in [1.29, 1.82) is 0 Å². The normalized spacial score (nSPS) is 10.5. The van der Waals surface area contributed by atoms with Crippen LogP contribution in [-0.2, 0) is 5.33 Å². The monoisotopic (exact) mass is 340 g/mol. The Morgan fingerprint density at radius 3 is 2.57 bits per heavy atom. The molecule has 21 heavy (non-hydrogen) atoms. The second-order valence-electron chi connectivity index (χ2n) is 4.70.